The molecular formula is C7H11N3O12. The Bertz CT molecular complexity index is 431. The summed E-state index contributed by atoms with van der Waals surface area (Å²) in [5.41, 5.74) is 0. The first-order valence-corrected chi connectivity index (χ1v) is 5.52. The fraction of sp³-hybridized carbons (Fsp3) is 1.00. The zero-order valence-corrected chi connectivity index (χ0v) is 10.9. The SMILES string of the molecule is CO[C@H]1O[C@H](CO[N+](=O)[O-])[C@@H](O[N+](=O)[O-])[C@H](O[N+](=O)[O-])[C@@H]1O. The molecule has 1 heterocycles. The number of aliphatic hydroxyl groups is 1. The number of methoxy groups -OCH3 is 1. The number of nitrogens with zero attached hydrogens (tertiary/aromatic N) is 3. The molecule has 0 aromatic rings. The predicted octanol–water partition coefficient (Wildman–Crippen LogP) is -1.92. The molecule has 22 heavy (non-hydrogen) atoms. The number of hydrogen-bond donors (Lipinski definition) is 1. The van der Waals surface area contributed by atoms with Crippen LogP contribution in [-0.2, 0) is 24.0 Å². The lowest BCUT2D eigenvalue weighted by Gasteiger charge is -2.41. The molecule has 1 aliphatic rings. The van der Waals surface area contributed by atoms with E-state index in [-0.39, 0.29) is 0 Å². The average molecular weight is 329 g/mol. The fourth-order valence-corrected chi connectivity index (χ4v) is 1.80. The van der Waals surface area contributed by atoms with Crippen LogP contribution in [0.1, 0.15) is 0 Å². The van der Waals surface area contributed by atoms with Gasteiger partial charge in [-0.1, -0.05) is 0 Å². The van der Waals surface area contributed by atoms with Crippen LogP contribution < -0.4 is 0 Å². The summed E-state index contributed by atoms with van der Waals surface area (Å²) in [6.07, 6.45) is -8.63. The molecule has 5 atom stereocenters. The Morgan fingerprint density at radius 1 is 1.05 bits per heavy atom. The zero-order chi connectivity index (χ0) is 16.9. The van der Waals surface area contributed by atoms with Crippen molar-refractivity contribution >= 4 is 0 Å². The van der Waals surface area contributed by atoms with Gasteiger partial charge in [-0.05, 0) is 0 Å². The van der Waals surface area contributed by atoms with Crippen molar-refractivity contribution in [3.05, 3.63) is 30.3 Å². The number of rotatable bonds is 8. The summed E-state index contributed by atoms with van der Waals surface area (Å²) in [6.45, 7) is -0.865. The van der Waals surface area contributed by atoms with E-state index in [1.165, 1.54) is 0 Å². The molecule has 1 N–H and O–H groups in total. The molecule has 1 aliphatic heterocycles. The lowest BCUT2D eigenvalue weighted by atomic mass is 9.99. The minimum atomic E-state index is -1.89. The Labute approximate surface area is 120 Å². The van der Waals surface area contributed by atoms with Crippen LogP contribution in [0, 0.1) is 30.3 Å². The Hall–Kier alpha value is -2.52. The first-order chi connectivity index (χ1) is 10.3. The normalized spacial score (nSPS) is 31.1. The van der Waals surface area contributed by atoms with Gasteiger partial charge in [-0.25, -0.2) is 0 Å². The van der Waals surface area contributed by atoms with Crippen LogP contribution in [0.25, 0.3) is 0 Å². The van der Waals surface area contributed by atoms with Gasteiger partial charge in [-0.2, -0.15) is 0 Å². The molecule has 0 unspecified atom stereocenters. The topological polar surface area (TPSA) is 196 Å². The first-order valence-electron chi connectivity index (χ1n) is 5.52. The van der Waals surface area contributed by atoms with Crippen LogP contribution in [-0.4, -0.2) is 64.8 Å². The van der Waals surface area contributed by atoms with Crippen molar-refractivity contribution in [3.63, 3.8) is 0 Å². The fourth-order valence-electron chi connectivity index (χ4n) is 1.80. The van der Waals surface area contributed by atoms with Crippen LogP contribution >= 0.6 is 0 Å². The Kier molecular flexibility index (Phi) is 5.96. The van der Waals surface area contributed by atoms with E-state index in [4.69, 9.17) is 4.74 Å². The molecule has 1 saturated heterocycles. The third-order valence-corrected chi connectivity index (χ3v) is 2.61. The molecule has 15 heteroatoms. The maximum absolute atomic E-state index is 10.5. The van der Waals surface area contributed by atoms with Gasteiger partial charge < -0.3 is 29.1 Å². The van der Waals surface area contributed by atoms with Crippen molar-refractivity contribution in [1.82, 2.24) is 0 Å². The van der Waals surface area contributed by atoms with Gasteiger partial charge in [0.05, 0.1) is 0 Å². The smallest absolute Gasteiger partial charge is 0.294 e. The van der Waals surface area contributed by atoms with E-state index < -0.39 is 52.6 Å². The van der Waals surface area contributed by atoms with Crippen LogP contribution in [0.3, 0.4) is 0 Å². The molecule has 0 spiro atoms. The Morgan fingerprint density at radius 3 is 2.05 bits per heavy atom. The van der Waals surface area contributed by atoms with Gasteiger partial charge in [0, 0.05) is 7.11 Å². The molecule has 1 rings (SSSR count). The van der Waals surface area contributed by atoms with Crippen molar-refractivity contribution < 1.29 is 44.4 Å². The highest BCUT2D eigenvalue weighted by molar-refractivity contribution is 4.90. The summed E-state index contributed by atoms with van der Waals surface area (Å²) in [7, 11) is 1.07. The average Bonchev–Trinajstić information content (AvgIpc) is 2.41. The lowest BCUT2D eigenvalue weighted by Crippen LogP contribution is -2.61. The summed E-state index contributed by atoms with van der Waals surface area (Å²) in [5.74, 6) is 0. The number of aliphatic hydroxyl groups excluding tert-OH is 1. The summed E-state index contributed by atoms with van der Waals surface area (Å²) in [6, 6.07) is 0. The van der Waals surface area contributed by atoms with Gasteiger partial charge in [-0.15, -0.1) is 30.3 Å². The standard InChI is InChI=1S/C7H11N3O12/c1-18-7-4(11)6(22-10(16)17)5(21-9(14)15)3(20-7)2-19-8(12)13/h3-7,11H,2H2,1H3/t3-,4+,5-,6-,7+/m1/s1. The van der Waals surface area contributed by atoms with Gasteiger partial charge >= 0.3 is 0 Å². The highest BCUT2D eigenvalue weighted by atomic mass is 17.0. The summed E-state index contributed by atoms with van der Waals surface area (Å²) < 4.78 is 9.67. The Morgan fingerprint density at radius 2 is 1.59 bits per heavy atom. The van der Waals surface area contributed by atoms with Crippen LogP contribution in [0.4, 0.5) is 0 Å². The van der Waals surface area contributed by atoms with Gasteiger partial charge in [0.25, 0.3) is 15.3 Å². The summed E-state index contributed by atoms with van der Waals surface area (Å²) in [5, 5.41) is 37.0. The maximum atomic E-state index is 10.5. The van der Waals surface area contributed by atoms with E-state index in [2.05, 4.69) is 19.2 Å². The molecule has 0 bridgehead atoms. The van der Waals surface area contributed by atoms with E-state index in [1.807, 2.05) is 0 Å². The van der Waals surface area contributed by atoms with E-state index in [0.717, 1.165) is 7.11 Å². The molecule has 0 aliphatic carbocycles. The summed E-state index contributed by atoms with van der Waals surface area (Å²) >= 11 is 0. The molecule has 15 nitrogen and oxygen atoms in total. The molecule has 126 valence electrons. The molecule has 0 amide bonds. The van der Waals surface area contributed by atoms with E-state index in [1.54, 1.807) is 0 Å². The minimum Gasteiger partial charge on any atom is -0.385 e. The molecule has 0 saturated carbocycles. The largest absolute Gasteiger partial charge is 0.385 e. The predicted molar refractivity (Wildman–Crippen MR) is 58.4 cm³/mol. The van der Waals surface area contributed by atoms with Crippen LogP contribution in [0.5, 0.6) is 0 Å². The van der Waals surface area contributed by atoms with Crippen molar-refractivity contribution in [2.24, 2.45) is 0 Å². The third-order valence-electron chi connectivity index (χ3n) is 2.61. The van der Waals surface area contributed by atoms with Crippen molar-refractivity contribution in [3.8, 4) is 0 Å². The first kappa shape index (κ1) is 17.5. The van der Waals surface area contributed by atoms with Gasteiger partial charge in [0.2, 0.25) is 0 Å². The van der Waals surface area contributed by atoms with Gasteiger partial charge in [0.15, 0.2) is 18.5 Å². The molecule has 0 aromatic heterocycles. The number of hydrogen-bond acceptors (Lipinski definition) is 12. The second kappa shape index (κ2) is 7.48. The summed E-state index contributed by atoms with van der Waals surface area (Å²) in [4.78, 5) is 43.4. The highest BCUT2D eigenvalue weighted by Gasteiger charge is 2.50. The quantitative estimate of drug-likeness (QED) is 0.383. The van der Waals surface area contributed by atoms with Gasteiger partial charge in [-0.3, -0.25) is 0 Å². The van der Waals surface area contributed by atoms with Gasteiger partial charge in [0.1, 0.15) is 18.8 Å². The molecule has 0 aromatic carbocycles. The van der Waals surface area contributed by atoms with E-state index in [9.17, 15) is 35.4 Å². The van der Waals surface area contributed by atoms with Crippen molar-refractivity contribution in [1.29, 1.82) is 0 Å². The second-order valence-corrected chi connectivity index (χ2v) is 3.88. The van der Waals surface area contributed by atoms with Crippen LogP contribution in [0.2, 0.25) is 0 Å². The van der Waals surface area contributed by atoms with E-state index in [0.29, 0.717) is 0 Å². The third kappa shape index (κ3) is 4.50. The van der Waals surface area contributed by atoms with Crippen LogP contribution in [0.15, 0.2) is 0 Å². The highest BCUT2D eigenvalue weighted by Crippen LogP contribution is 2.27. The van der Waals surface area contributed by atoms with Crippen molar-refractivity contribution in [2.75, 3.05) is 13.7 Å². The minimum absolute atomic E-state index is 0.865. The molecule has 1 fully saturated rings. The lowest BCUT2D eigenvalue weighted by molar-refractivity contribution is -0.807. The monoisotopic (exact) mass is 329 g/mol. The van der Waals surface area contributed by atoms with Crippen molar-refractivity contribution in [2.45, 2.75) is 30.7 Å². The number of ether oxygens (including phenoxy) is 2. The maximum Gasteiger partial charge on any atom is 0.294 e. The molecule has 0 radical (unpaired) electrons. The Balaban J connectivity index is 3.00. The second-order valence-electron chi connectivity index (χ2n) is 3.88. The molecular weight excluding hydrogens is 318 g/mol. The van der Waals surface area contributed by atoms with E-state index >= 15 is 0 Å². The zero-order valence-electron chi connectivity index (χ0n) is 10.9.